The molecule has 0 aliphatic carbocycles. The zero-order valence-corrected chi connectivity index (χ0v) is 19.5. The summed E-state index contributed by atoms with van der Waals surface area (Å²) in [4.78, 5) is 31.0. The molecule has 8 heteroatoms. The maximum Gasteiger partial charge on any atom is 0.232 e. The quantitative estimate of drug-likeness (QED) is 0.311. The number of aromatic nitrogens is 3. The molecule has 0 radical (unpaired) electrons. The molecule has 0 bridgehead atoms. The summed E-state index contributed by atoms with van der Waals surface area (Å²) >= 11 is 3.22. The zero-order valence-electron chi connectivity index (χ0n) is 17.8. The Morgan fingerprint density at radius 1 is 1.16 bits per heavy atom. The van der Waals surface area contributed by atoms with Crippen molar-refractivity contribution in [2.24, 2.45) is 0 Å². The van der Waals surface area contributed by atoms with Crippen LogP contribution in [0.25, 0.3) is 21.3 Å². The fourth-order valence-corrected chi connectivity index (χ4v) is 6.25. The van der Waals surface area contributed by atoms with Crippen molar-refractivity contribution in [2.45, 2.75) is 44.6 Å². The van der Waals surface area contributed by atoms with Gasteiger partial charge < -0.3 is 9.32 Å². The van der Waals surface area contributed by atoms with E-state index in [0.717, 1.165) is 64.0 Å². The summed E-state index contributed by atoms with van der Waals surface area (Å²) < 4.78 is 5.94. The van der Waals surface area contributed by atoms with E-state index in [1.54, 1.807) is 11.3 Å². The lowest BCUT2D eigenvalue weighted by molar-refractivity contribution is -0.129. The van der Waals surface area contributed by atoms with E-state index in [2.05, 4.69) is 28.8 Å². The van der Waals surface area contributed by atoms with Gasteiger partial charge in [0.2, 0.25) is 5.91 Å². The van der Waals surface area contributed by atoms with Crippen LogP contribution in [0.1, 0.15) is 40.9 Å². The topological polar surface area (TPSA) is 72.1 Å². The molecule has 0 atom stereocenters. The Kier molecular flexibility index (Phi) is 5.44. The lowest BCUT2D eigenvalue weighted by Gasteiger charge is -2.30. The third kappa shape index (κ3) is 3.94. The minimum atomic E-state index is 0.162. The Balaban J connectivity index is 1.23. The molecule has 31 heavy (non-hydrogen) atoms. The highest BCUT2D eigenvalue weighted by molar-refractivity contribution is 8.00. The average molecular weight is 453 g/mol. The van der Waals surface area contributed by atoms with Crippen LogP contribution in [0.4, 0.5) is 0 Å². The molecule has 3 aromatic heterocycles. The van der Waals surface area contributed by atoms with E-state index >= 15 is 0 Å². The third-order valence-corrected chi connectivity index (χ3v) is 8.01. The van der Waals surface area contributed by atoms with Crippen LogP contribution in [-0.2, 0) is 4.79 Å². The minimum absolute atomic E-state index is 0.162. The number of oxazole rings is 1. The van der Waals surface area contributed by atoms with Gasteiger partial charge >= 0.3 is 0 Å². The summed E-state index contributed by atoms with van der Waals surface area (Å²) in [5.74, 6) is 2.38. The molecule has 4 heterocycles. The molecule has 1 fully saturated rings. The van der Waals surface area contributed by atoms with Crippen molar-refractivity contribution in [2.75, 3.05) is 18.8 Å². The van der Waals surface area contributed by atoms with Crippen molar-refractivity contribution in [3.05, 3.63) is 46.4 Å². The first-order valence-electron chi connectivity index (χ1n) is 10.5. The summed E-state index contributed by atoms with van der Waals surface area (Å²) in [7, 11) is 0. The van der Waals surface area contributed by atoms with Gasteiger partial charge in [0.1, 0.15) is 21.2 Å². The van der Waals surface area contributed by atoms with Crippen LogP contribution in [0, 0.1) is 20.8 Å². The fraction of sp³-hybridized carbons (Fsp3) is 0.391. The highest BCUT2D eigenvalue weighted by atomic mass is 32.2. The molecule has 4 aromatic rings. The number of piperidine rings is 1. The minimum Gasteiger partial charge on any atom is -0.440 e. The van der Waals surface area contributed by atoms with E-state index in [0.29, 0.717) is 5.75 Å². The normalized spacial score (nSPS) is 15.3. The third-order valence-electron chi connectivity index (χ3n) is 5.95. The van der Waals surface area contributed by atoms with Gasteiger partial charge in [-0.1, -0.05) is 23.9 Å². The summed E-state index contributed by atoms with van der Waals surface area (Å²) in [5.41, 5.74) is 2.95. The van der Waals surface area contributed by atoms with Crippen molar-refractivity contribution in [1.82, 2.24) is 19.9 Å². The Morgan fingerprint density at radius 2 is 1.94 bits per heavy atom. The number of carbonyl (C=O) groups excluding carboxylic acids is 1. The van der Waals surface area contributed by atoms with Gasteiger partial charge in [-0.05, 0) is 51.3 Å². The van der Waals surface area contributed by atoms with Gasteiger partial charge in [0.25, 0.3) is 0 Å². The number of fused-ring (bicyclic) bond motifs is 2. The van der Waals surface area contributed by atoms with E-state index < -0.39 is 0 Å². The Hall–Kier alpha value is -2.45. The number of carbonyl (C=O) groups is 1. The second-order valence-electron chi connectivity index (χ2n) is 8.00. The molecule has 6 nitrogen and oxygen atoms in total. The van der Waals surface area contributed by atoms with Gasteiger partial charge in [0.15, 0.2) is 11.5 Å². The van der Waals surface area contributed by atoms with Gasteiger partial charge in [-0.25, -0.2) is 15.0 Å². The molecule has 1 aliphatic heterocycles. The molecule has 1 saturated heterocycles. The Labute approximate surface area is 189 Å². The molecule has 0 unspecified atom stereocenters. The summed E-state index contributed by atoms with van der Waals surface area (Å²) in [6.45, 7) is 7.59. The maximum absolute atomic E-state index is 12.9. The molecule has 160 valence electrons. The summed E-state index contributed by atoms with van der Waals surface area (Å²) in [6, 6.07) is 7.85. The van der Waals surface area contributed by atoms with E-state index in [4.69, 9.17) is 4.42 Å². The van der Waals surface area contributed by atoms with Gasteiger partial charge in [-0.15, -0.1) is 11.3 Å². The van der Waals surface area contributed by atoms with Crippen molar-refractivity contribution in [3.63, 3.8) is 0 Å². The molecule has 0 spiro atoms. The van der Waals surface area contributed by atoms with Crippen molar-refractivity contribution >= 4 is 50.3 Å². The van der Waals surface area contributed by atoms with Gasteiger partial charge in [-0.3, -0.25) is 4.79 Å². The molecule has 0 N–H and O–H groups in total. The first-order chi connectivity index (χ1) is 15.0. The highest BCUT2D eigenvalue weighted by Gasteiger charge is 2.27. The number of aryl methyl sites for hydroxylation is 3. The maximum atomic E-state index is 12.9. The number of likely N-dealkylation sites (tertiary alicyclic amines) is 1. The van der Waals surface area contributed by atoms with E-state index in [9.17, 15) is 4.79 Å². The number of para-hydroxylation sites is 2. The van der Waals surface area contributed by atoms with Gasteiger partial charge in [-0.2, -0.15) is 0 Å². The first-order valence-corrected chi connectivity index (χ1v) is 12.3. The fourth-order valence-electron chi connectivity index (χ4n) is 4.08. The van der Waals surface area contributed by atoms with Crippen molar-refractivity contribution in [1.29, 1.82) is 0 Å². The number of benzene rings is 1. The number of thioether (sulfide) groups is 1. The molecular formula is C23H24N4O2S2. The number of thiophene rings is 1. The number of hydrogen-bond acceptors (Lipinski definition) is 7. The second-order valence-corrected chi connectivity index (χ2v) is 10.2. The van der Waals surface area contributed by atoms with Crippen LogP contribution in [-0.4, -0.2) is 44.6 Å². The molecular weight excluding hydrogens is 428 g/mol. The van der Waals surface area contributed by atoms with Crippen LogP contribution < -0.4 is 0 Å². The predicted molar refractivity (Wildman–Crippen MR) is 125 cm³/mol. The molecule has 1 aliphatic rings. The standard InChI is InChI=1S/C23H24N4O2S2/c1-13-14(2)31-23-20(13)22(24-15(3)25-23)30-12-19(28)27-10-8-16(9-11-27)21-26-17-6-4-5-7-18(17)29-21/h4-7,16H,8-12H2,1-3H3. The van der Waals surface area contributed by atoms with Crippen LogP contribution in [0.2, 0.25) is 0 Å². The SMILES string of the molecule is Cc1nc(SCC(=O)N2CCC(c3nc4ccccc4o3)CC2)c2c(C)c(C)sc2n1. The smallest absolute Gasteiger partial charge is 0.232 e. The Bertz CT molecular complexity index is 1240. The van der Waals surface area contributed by atoms with E-state index in [-0.39, 0.29) is 11.8 Å². The van der Waals surface area contributed by atoms with Gasteiger partial charge in [0.05, 0.1) is 5.75 Å². The summed E-state index contributed by atoms with van der Waals surface area (Å²) in [6.07, 6.45) is 1.76. The lowest BCUT2D eigenvalue weighted by atomic mass is 9.97. The molecule has 0 saturated carbocycles. The van der Waals surface area contributed by atoms with Crippen LogP contribution >= 0.6 is 23.1 Å². The zero-order chi connectivity index (χ0) is 21.5. The second kappa shape index (κ2) is 8.24. The molecule has 1 aromatic carbocycles. The van der Waals surface area contributed by atoms with Crippen molar-refractivity contribution in [3.8, 4) is 0 Å². The number of nitrogens with zero attached hydrogens (tertiary/aromatic N) is 4. The summed E-state index contributed by atoms with van der Waals surface area (Å²) in [5, 5.41) is 2.01. The van der Waals surface area contributed by atoms with Gasteiger partial charge in [0, 0.05) is 29.3 Å². The highest BCUT2D eigenvalue weighted by Crippen LogP contribution is 2.35. The molecule has 1 amide bonds. The largest absolute Gasteiger partial charge is 0.440 e. The lowest BCUT2D eigenvalue weighted by Crippen LogP contribution is -2.39. The first kappa shape index (κ1) is 20.5. The van der Waals surface area contributed by atoms with E-state index in [1.165, 1.54) is 22.2 Å². The van der Waals surface area contributed by atoms with Crippen LogP contribution in [0.5, 0.6) is 0 Å². The average Bonchev–Trinajstić information content (AvgIpc) is 3.32. The number of hydrogen-bond donors (Lipinski definition) is 0. The van der Waals surface area contributed by atoms with Crippen molar-refractivity contribution < 1.29 is 9.21 Å². The molecule has 5 rings (SSSR count). The van der Waals surface area contributed by atoms with E-state index in [1.807, 2.05) is 36.1 Å². The number of rotatable bonds is 4. The van der Waals surface area contributed by atoms with Crippen LogP contribution in [0.15, 0.2) is 33.7 Å². The monoisotopic (exact) mass is 452 g/mol. The predicted octanol–water partition coefficient (Wildman–Crippen LogP) is 5.26. The Morgan fingerprint density at radius 3 is 2.71 bits per heavy atom. The number of amides is 1. The van der Waals surface area contributed by atoms with Crippen LogP contribution in [0.3, 0.4) is 0 Å².